The van der Waals surface area contributed by atoms with Crippen molar-refractivity contribution in [2.45, 2.75) is 64.5 Å². The zero-order valence-corrected chi connectivity index (χ0v) is 17.5. The van der Waals surface area contributed by atoms with Gasteiger partial charge in [-0.2, -0.15) is 0 Å². The van der Waals surface area contributed by atoms with Gasteiger partial charge >= 0.3 is 0 Å². The number of nitrogens with zero attached hydrogens (tertiary/aromatic N) is 3. The number of rotatable bonds is 4. The van der Waals surface area contributed by atoms with Gasteiger partial charge in [0.2, 0.25) is 5.28 Å². The smallest absolute Gasteiger partial charge is 0.224 e. The van der Waals surface area contributed by atoms with Crippen molar-refractivity contribution in [3.8, 4) is 0 Å². The van der Waals surface area contributed by atoms with E-state index in [2.05, 4.69) is 46.9 Å². The second-order valence-corrected chi connectivity index (χ2v) is 9.86. The summed E-state index contributed by atoms with van der Waals surface area (Å²) in [5.74, 6) is 3.16. The Labute approximate surface area is 172 Å². The van der Waals surface area contributed by atoms with E-state index in [1.54, 1.807) is 0 Å². The largest absolute Gasteiger partial charge is 0.383 e. The molecule has 0 aliphatic heterocycles. The molecule has 0 unspecified atom stereocenters. The maximum atomic E-state index is 6.25. The average molecular weight is 397 g/mol. The predicted octanol–water partition coefficient (Wildman–Crippen LogP) is 5.30. The Morgan fingerprint density at radius 1 is 1.07 bits per heavy atom. The molecule has 4 aliphatic carbocycles. The fraction of sp³-hybridized carbons (Fsp3) is 0.565. The molecule has 1 aromatic heterocycles. The van der Waals surface area contributed by atoms with E-state index in [1.165, 1.54) is 55.3 Å². The van der Waals surface area contributed by atoms with Gasteiger partial charge in [0.1, 0.15) is 5.82 Å². The lowest BCUT2D eigenvalue weighted by Gasteiger charge is -2.61. The summed E-state index contributed by atoms with van der Waals surface area (Å²) in [6.07, 6.45) is 10.0. The molecule has 0 saturated heterocycles. The Morgan fingerprint density at radius 2 is 1.64 bits per heavy atom. The Kier molecular flexibility index (Phi) is 4.31. The highest BCUT2D eigenvalue weighted by Gasteiger charge is 2.54. The molecule has 0 radical (unpaired) electrons. The third-order valence-corrected chi connectivity index (χ3v) is 7.67. The van der Waals surface area contributed by atoms with Crippen molar-refractivity contribution in [1.82, 2.24) is 9.97 Å². The minimum Gasteiger partial charge on any atom is -0.383 e. The van der Waals surface area contributed by atoms with Crippen LogP contribution >= 0.6 is 11.6 Å². The number of aromatic nitrogens is 2. The maximum Gasteiger partial charge on any atom is 0.224 e. The van der Waals surface area contributed by atoms with Crippen molar-refractivity contribution in [3.63, 3.8) is 0 Å². The van der Waals surface area contributed by atoms with E-state index in [0.717, 1.165) is 29.9 Å². The summed E-state index contributed by atoms with van der Waals surface area (Å²) < 4.78 is 0. The number of halogens is 1. The average Bonchev–Trinajstić information content (AvgIpc) is 2.61. The molecule has 28 heavy (non-hydrogen) atoms. The van der Waals surface area contributed by atoms with Gasteiger partial charge in [-0.25, -0.2) is 9.97 Å². The van der Waals surface area contributed by atoms with Crippen molar-refractivity contribution >= 4 is 23.1 Å². The van der Waals surface area contributed by atoms with Crippen molar-refractivity contribution < 1.29 is 0 Å². The molecular weight excluding hydrogens is 368 g/mol. The van der Waals surface area contributed by atoms with E-state index in [-0.39, 0.29) is 10.8 Å². The van der Waals surface area contributed by atoms with Gasteiger partial charge in [-0.15, -0.1) is 0 Å². The summed E-state index contributed by atoms with van der Waals surface area (Å²) in [4.78, 5) is 11.1. The van der Waals surface area contributed by atoms with Crippen LogP contribution in [-0.4, -0.2) is 15.5 Å². The van der Waals surface area contributed by atoms with Gasteiger partial charge in [0.25, 0.3) is 0 Å². The van der Waals surface area contributed by atoms with E-state index in [4.69, 9.17) is 17.3 Å². The quantitative estimate of drug-likeness (QED) is 0.712. The minimum atomic E-state index is 0.217. The number of hydrogen-bond donors (Lipinski definition) is 1. The van der Waals surface area contributed by atoms with Crippen molar-refractivity contribution in [2.75, 3.05) is 10.6 Å². The first-order valence-corrected chi connectivity index (χ1v) is 10.9. The molecule has 4 nitrogen and oxygen atoms in total. The van der Waals surface area contributed by atoms with E-state index >= 15 is 0 Å². The number of para-hydroxylation sites is 1. The molecule has 6 rings (SSSR count). The van der Waals surface area contributed by atoms with Crippen molar-refractivity contribution in [1.29, 1.82) is 0 Å². The first kappa shape index (κ1) is 18.2. The Hall–Kier alpha value is -1.81. The van der Waals surface area contributed by atoms with Crippen LogP contribution in [0.25, 0.3) is 0 Å². The maximum absolute atomic E-state index is 6.25. The zero-order chi connectivity index (χ0) is 19.5. The summed E-state index contributed by atoms with van der Waals surface area (Å²) in [7, 11) is 0. The number of hydrogen-bond acceptors (Lipinski definition) is 4. The van der Waals surface area contributed by atoms with Crippen LogP contribution in [0.1, 0.15) is 55.2 Å². The van der Waals surface area contributed by atoms with Crippen LogP contribution < -0.4 is 10.6 Å². The number of nitrogens with two attached hydrogens (primary N) is 1. The molecule has 4 fully saturated rings. The minimum absolute atomic E-state index is 0.217. The molecule has 5 heteroatoms. The summed E-state index contributed by atoms with van der Waals surface area (Å²) in [5.41, 5.74) is 11.5. The van der Waals surface area contributed by atoms with E-state index < -0.39 is 0 Å². The molecule has 4 aliphatic rings. The molecule has 0 atom stereocenters. The normalized spacial score (nSPS) is 30.6. The van der Waals surface area contributed by atoms with Gasteiger partial charge in [-0.05, 0) is 92.9 Å². The lowest BCUT2D eigenvalue weighted by atomic mass is 9.52. The number of benzene rings is 1. The van der Waals surface area contributed by atoms with Gasteiger partial charge in [-0.1, -0.05) is 18.2 Å². The molecule has 148 valence electrons. The van der Waals surface area contributed by atoms with Crippen molar-refractivity contribution in [2.24, 2.45) is 17.8 Å². The second-order valence-electron chi connectivity index (χ2n) is 9.52. The summed E-state index contributed by atoms with van der Waals surface area (Å²) in [6.45, 7) is 5.22. The van der Waals surface area contributed by atoms with Crippen LogP contribution in [0.2, 0.25) is 5.28 Å². The highest BCUT2D eigenvalue weighted by molar-refractivity contribution is 6.28. The van der Waals surface area contributed by atoms with E-state index in [0.29, 0.717) is 5.82 Å². The zero-order valence-electron chi connectivity index (χ0n) is 16.8. The Balaban J connectivity index is 1.61. The predicted molar refractivity (Wildman–Crippen MR) is 114 cm³/mol. The van der Waals surface area contributed by atoms with E-state index in [1.807, 2.05) is 6.20 Å². The number of aryl methyl sites for hydroxylation is 2. The molecule has 4 saturated carbocycles. The first-order chi connectivity index (χ1) is 13.4. The summed E-state index contributed by atoms with van der Waals surface area (Å²) in [6, 6.07) is 6.63. The topological polar surface area (TPSA) is 55.0 Å². The van der Waals surface area contributed by atoms with Gasteiger partial charge in [0.15, 0.2) is 0 Å². The molecule has 4 bridgehead atoms. The lowest BCUT2D eigenvalue weighted by molar-refractivity contribution is -0.00519. The van der Waals surface area contributed by atoms with Gasteiger partial charge in [0.05, 0.1) is 0 Å². The SMILES string of the molecule is Cc1cccc(C)c1N(Cc1cnc(Cl)nc1N)C12CC3CC(CC(C3)C1)C2. The number of nitrogen functional groups attached to an aromatic ring is 1. The Morgan fingerprint density at radius 3 is 2.18 bits per heavy atom. The summed E-state index contributed by atoms with van der Waals surface area (Å²) in [5, 5.41) is 0.217. The van der Waals surface area contributed by atoms with Gasteiger partial charge < -0.3 is 10.6 Å². The molecule has 2 aromatic rings. The second kappa shape index (κ2) is 6.62. The highest BCUT2D eigenvalue weighted by atomic mass is 35.5. The van der Waals surface area contributed by atoms with Crippen LogP contribution in [0, 0.1) is 31.6 Å². The molecule has 2 N–H and O–H groups in total. The van der Waals surface area contributed by atoms with Crippen molar-refractivity contribution in [3.05, 3.63) is 46.4 Å². The Bertz CT molecular complexity index is 854. The monoisotopic (exact) mass is 396 g/mol. The first-order valence-electron chi connectivity index (χ1n) is 10.5. The lowest BCUT2D eigenvalue weighted by Crippen LogP contribution is -2.60. The molecule has 1 heterocycles. The van der Waals surface area contributed by atoms with Crippen LogP contribution in [0.5, 0.6) is 0 Å². The molecule has 0 amide bonds. The third kappa shape index (κ3) is 2.97. The van der Waals surface area contributed by atoms with E-state index in [9.17, 15) is 0 Å². The third-order valence-electron chi connectivity index (χ3n) is 7.48. The number of anilines is 2. The highest BCUT2D eigenvalue weighted by Crippen LogP contribution is 2.59. The van der Waals surface area contributed by atoms with Crippen LogP contribution in [0.15, 0.2) is 24.4 Å². The van der Waals surface area contributed by atoms with Gasteiger partial charge in [-0.3, -0.25) is 0 Å². The van der Waals surface area contributed by atoms with Crippen LogP contribution in [0.4, 0.5) is 11.5 Å². The molecule has 0 spiro atoms. The van der Waals surface area contributed by atoms with Crippen LogP contribution in [-0.2, 0) is 6.54 Å². The van der Waals surface area contributed by atoms with Crippen LogP contribution in [0.3, 0.4) is 0 Å². The molecular formula is C23H29ClN4. The van der Waals surface area contributed by atoms with Gasteiger partial charge in [0, 0.05) is 29.5 Å². The summed E-state index contributed by atoms with van der Waals surface area (Å²) >= 11 is 5.96. The fourth-order valence-electron chi connectivity index (χ4n) is 6.80. The standard InChI is InChI=1S/C23H29ClN4/c1-14-4-3-5-15(2)20(14)28(13-19-12-26-22(24)27-21(19)25)23-9-16-6-17(10-23)8-18(7-16)11-23/h3-5,12,16-18H,6-11,13H2,1-2H3,(H2,25,26,27). The molecule has 1 aromatic carbocycles. The fourth-order valence-corrected chi connectivity index (χ4v) is 6.94.